The molecular weight excluding hydrogens is 236 g/mol. The van der Waals surface area contributed by atoms with Crippen molar-refractivity contribution in [1.82, 2.24) is 0 Å². The molecule has 1 aromatic carbocycles. The molecule has 3 nitrogen and oxygen atoms in total. The summed E-state index contributed by atoms with van der Waals surface area (Å²) in [6.07, 6.45) is 0. The SMILES string of the molecule is CCOCC(Nc1c(N)cccc1Cl)C(C)C. The zero-order valence-electron chi connectivity index (χ0n) is 10.7. The first-order valence-corrected chi connectivity index (χ1v) is 6.32. The molecule has 17 heavy (non-hydrogen) atoms. The van der Waals surface area contributed by atoms with E-state index in [4.69, 9.17) is 22.1 Å². The first-order chi connectivity index (χ1) is 8.06. The van der Waals surface area contributed by atoms with Gasteiger partial charge in [-0.25, -0.2) is 0 Å². The van der Waals surface area contributed by atoms with Crippen molar-refractivity contribution < 1.29 is 4.74 Å². The van der Waals surface area contributed by atoms with Crippen molar-refractivity contribution in [3.63, 3.8) is 0 Å². The van der Waals surface area contributed by atoms with Gasteiger partial charge in [-0.2, -0.15) is 0 Å². The molecule has 0 spiro atoms. The number of hydrogen-bond acceptors (Lipinski definition) is 3. The summed E-state index contributed by atoms with van der Waals surface area (Å²) in [6.45, 7) is 7.64. The molecule has 0 saturated heterocycles. The number of nitrogens with two attached hydrogens (primary N) is 1. The van der Waals surface area contributed by atoms with Gasteiger partial charge in [0.1, 0.15) is 0 Å². The van der Waals surface area contributed by atoms with Gasteiger partial charge in [-0.3, -0.25) is 0 Å². The number of nitrogens with one attached hydrogen (secondary N) is 1. The predicted molar refractivity (Wildman–Crippen MR) is 74.6 cm³/mol. The van der Waals surface area contributed by atoms with E-state index in [0.29, 0.717) is 29.8 Å². The zero-order valence-corrected chi connectivity index (χ0v) is 11.4. The number of hydrogen-bond donors (Lipinski definition) is 2. The quantitative estimate of drug-likeness (QED) is 0.767. The molecule has 0 aromatic heterocycles. The molecule has 4 heteroatoms. The molecule has 0 radical (unpaired) electrons. The largest absolute Gasteiger partial charge is 0.397 e. The Hall–Kier alpha value is -0.930. The zero-order chi connectivity index (χ0) is 12.8. The Labute approximate surface area is 108 Å². The number of rotatable bonds is 6. The highest BCUT2D eigenvalue weighted by Gasteiger charge is 2.15. The van der Waals surface area contributed by atoms with Crippen LogP contribution in [-0.2, 0) is 4.74 Å². The average molecular weight is 257 g/mol. The molecule has 0 saturated carbocycles. The minimum atomic E-state index is 0.206. The third-order valence-electron chi connectivity index (χ3n) is 2.68. The molecule has 0 amide bonds. The highest BCUT2D eigenvalue weighted by Crippen LogP contribution is 2.29. The van der Waals surface area contributed by atoms with Crippen LogP contribution in [0.2, 0.25) is 5.02 Å². The van der Waals surface area contributed by atoms with E-state index in [1.165, 1.54) is 0 Å². The lowest BCUT2D eigenvalue weighted by Crippen LogP contribution is -2.31. The average Bonchev–Trinajstić information content (AvgIpc) is 2.27. The molecule has 0 aliphatic heterocycles. The highest BCUT2D eigenvalue weighted by molar-refractivity contribution is 6.33. The van der Waals surface area contributed by atoms with E-state index < -0.39 is 0 Å². The van der Waals surface area contributed by atoms with Gasteiger partial charge in [-0.1, -0.05) is 31.5 Å². The third-order valence-corrected chi connectivity index (χ3v) is 3.00. The Kier molecular flexibility index (Phi) is 5.59. The van der Waals surface area contributed by atoms with Crippen LogP contribution in [0.15, 0.2) is 18.2 Å². The van der Waals surface area contributed by atoms with E-state index in [0.717, 1.165) is 5.69 Å². The van der Waals surface area contributed by atoms with Crippen LogP contribution < -0.4 is 11.1 Å². The maximum absolute atomic E-state index is 6.13. The number of ether oxygens (including phenoxy) is 1. The Morgan fingerprint density at radius 2 is 2.12 bits per heavy atom. The Morgan fingerprint density at radius 3 is 2.65 bits per heavy atom. The second kappa shape index (κ2) is 6.72. The summed E-state index contributed by atoms with van der Waals surface area (Å²) in [6, 6.07) is 5.72. The van der Waals surface area contributed by atoms with Crippen LogP contribution in [0.1, 0.15) is 20.8 Å². The number of nitrogen functional groups attached to an aromatic ring is 1. The summed E-state index contributed by atoms with van der Waals surface area (Å²) in [5.74, 6) is 0.442. The maximum atomic E-state index is 6.13. The summed E-state index contributed by atoms with van der Waals surface area (Å²) >= 11 is 6.13. The smallest absolute Gasteiger partial charge is 0.0766 e. The van der Waals surface area contributed by atoms with Crippen LogP contribution in [0.4, 0.5) is 11.4 Å². The minimum absolute atomic E-state index is 0.206. The molecule has 0 aliphatic carbocycles. The van der Waals surface area contributed by atoms with Crippen molar-refractivity contribution in [3.8, 4) is 0 Å². The second-order valence-corrected chi connectivity index (χ2v) is 4.77. The van der Waals surface area contributed by atoms with Crippen molar-refractivity contribution >= 4 is 23.0 Å². The fourth-order valence-corrected chi connectivity index (χ4v) is 1.76. The fourth-order valence-electron chi connectivity index (χ4n) is 1.52. The second-order valence-electron chi connectivity index (χ2n) is 4.36. The van der Waals surface area contributed by atoms with E-state index in [9.17, 15) is 0 Å². The molecule has 0 fully saturated rings. The summed E-state index contributed by atoms with van der Waals surface area (Å²) in [5.41, 5.74) is 7.38. The maximum Gasteiger partial charge on any atom is 0.0766 e. The van der Waals surface area contributed by atoms with E-state index in [-0.39, 0.29) is 6.04 Å². The molecule has 1 unspecified atom stereocenters. The van der Waals surface area contributed by atoms with Gasteiger partial charge in [0.05, 0.1) is 29.0 Å². The van der Waals surface area contributed by atoms with Gasteiger partial charge >= 0.3 is 0 Å². The highest BCUT2D eigenvalue weighted by atomic mass is 35.5. The molecular formula is C13H21ClN2O. The number of para-hydroxylation sites is 1. The summed E-state index contributed by atoms with van der Waals surface area (Å²) in [7, 11) is 0. The van der Waals surface area contributed by atoms with Gasteiger partial charge in [0.25, 0.3) is 0 Å². The fraction of sp³-hybridized carbons (Fsp3) is 0.538. The van der Waals surface area contributed by atoms with Gasteiger partial charge < -0.3 is 15.8 Å². The Morgan fingerprint density at radius 1 is 1.41 bits per heavy atom. The van der Waals surface area contributed by atoms with E-state index in [1.54, 1.807) is 0 Å². The molecule has 0 bridgehead atoms. The van der Waals surface area contributed by atoms with Gasteiger partial charge in [-0.05, 0) is 25.0 Å². The van der Waals surface area contributed by atoms with Gasteiger partial charge in [0, 0.05) is 6.61 Å². The Balaban J connectivity index is 2.78. The van der Waals surface area contributed by atoms with Crippen LogP contribution in [0.25, 0.3) is 0 Å². The van der Waals surface area contributed by atoms with Crippen molar-refractivity contribution in [2.45, 2.75) is 26.8 Å². The van der Waals surface area contributed by atoms with Crippen LogP contribution >= 0.6 is 11.6 Å². The standard InChI is InChI=1S/C13H21ClN2O/c1-4-17-8-12(9(2)3)16-13-10(14)6-5-7-11(13)15/h5-7,9,12,16H,4,8,15H2,1-3H3. The predicted octanol–water partition coefficient (Wildman–Crippen LogP) is 3.40. The molecule has 3 N–H and O–H groups in total. The number of anilines is 2. The van der Waals surface area contributed by atoms with Crippen molar-refractivity contribution in [3.05, 3.63) is 23.2 Å². The van der Waals surface area contributed by atoms with Gasteiger partial charge in [-0.15, -0.1) is 0 Å². The molecule has 0 aliphatic rings. The third kappa shape index (κ3) is 4.10. The van der Waals surface area contributed by atoms with E-state index >= 15 is 0 Å². The first kappa shape index (κ1) is 14.1. The molecule has 96 valence electrons. The first-order valence-electron chi connectivity index (χ1n) is 5.94. The van der Waals surface area contributed by atoms with Gasteiger partial charge in [0.2, 0.25) is 0 Å². The monoisotopic (exact) mass is 256 g/mol. The van der Waals surface area contributed by atoms with E-state index in [1.807, 2.05) is 25.1 Å². The number of halogens is 1. The van der Waals surface area contributed by atoms with Crippen LogP contribution in [0.3, 0.4) is 0 Å². The van der Waals surface area contributed by atoms with Crippen molar-refractivity contribution in [2.75, 3.05) is 24.3 Å². The minimum Gasteiger partial charge on any atom is -0.397 e. The molecule has 0 heterocycles. The lowest BCUT2D eigenvalue weighted by molar-refractivity contribution is 0.127. The van der Waals surface area contributed by atoms with Crippen molar-refractivity contribution in [1.29, 1.82) is 0 Å². The summed E-state index contributed by atoms with van der Waals surface area (Å²) in [4.78, 5) is 0. The summed E-state index contributed by atoms with van der Waals surface area (Å²) in [5, 5.41) is 4.01. The van der Waals surface area contributed by atoms with Crippen LogP contribution in [-0.4, -0.2) is 19.3 Å². The van der Waals surface area contributed by atoms with E-state index in [2.05, 4.69) is 19.2 Å². The van der Waals surface area contributed by atoms with Gasteiger partial charge in [0.15, 0.2) is 0 Å². The lowest BCUT2D eigenvalue weighted by atomic mass is 10.0. The topological polar surface area (TPSA) is 47.3 Å². The molecule has 1 aromatic rings. The lowest BCUT2D eigenvalue weighted by Gasteiger charge is -2.24. The van der Waals surface area contributed by atoms with Crippen LogP contribution in [0, 0.1) is 5.92 Å². The molecule has 1 rings (SSSR count). The molecule has 1 atom stereocenters. The van der Waals surface area contributed by atoms with Crippen molar-refractivity contribution in [2.24, 2.45) is 5.92 Å². The van der Waals surface area contributed by atoms with Crippen LogP contribution in [0.5, 0.6) is 0 Å². The Bertz CT molecular complexity index is 335. The normalized spacial score (nSPS) is 12.8. The summed E-state index contributed by atoms with van der Waals surface area (Å²) < 4.78 is 5.46. The number of benzene rings is 1.